The molecule has 0 heterocycles. The van der Waals surface area contributed by atoms with Crippen LogP contribution in [0.15, 0.2) is 18.2 Å². The SMILES string of the molecule is CCOC(=O)CS(=O)Cc1cc(C)cc(C)c1. The molecule has 0 aliphatic heterocycles. The number of carbonyl (C=O) groups excluding carboxylic acids is 1. The lowest BCUT2D eigenvalue weighted by Gasteiger charge is -2.05. The number of hydrogen-bond donors (Lipinski definition) is 0. The summed E-state index contributed by atoms with van der Waals surface area (Å²) in [6, 6.07) is 6.06. The Hall–Kier alpha value is -1.16. The van der Waals surface area contributed by atoms with E-state index in [1.807, 2.05) is 26.0 Å². The minimum Gasteiger partial charge on any atom is -0.465 e. The molecule has 4 heteroatoms. The molecule has 0 spiro atoms. The molecule has 0 aliphatic carbocycles. The van der Waals surface area contributed by atoms with E-state index in [2.05, 4.69) is 6.07 Å². The summed E-state index contributed by atoms with van der Waals surface area (Å²) in [4.78, 5) is 11.2. The molecule has 0 aliphatic rings. The maximum Gasteiger partial charge on any atom is 0.318 e. The molecule has 0 aromatic heterocycles. The maximum absolute atomic E-state index is 11.7. The highest BCUT2D eigenvalue weighted by atomic mass is 32.2. The number of rotatable bonds is 5. The maximum atomic E-state index is 11.7. The highest BCUT2D eigenvalue weighted by molar-refractivity contribution is 7.84. The smallest absolute Gasteiger partial charge is 0.318 e. The van der Waals surface area contributed by atoms with Gasteiger partial charge in [0, 0.05) is 16.6 Å². The molecule has 17 heavy (non-hydrogen) atoms. The molecule has 0 radical (unpaired) electrons. The third kappa shape index (κ3) is 5.13. The normalized spacial score (nSPS) is 12.2. The topological polar surface area (TPSA) is 43.4 Å². The third-order valence-corrected chi connectivity index (χ3v) is 3.41. The molecule has 1 unspecified atom stereocenters. The van der Waals surface area contributed by atoms with Gasteiger partial charge in [-0.1, -0.05) is 29.3 Å². The second-order valence-corrected chi connectivity index (χ2v) is 5.49. The zero-order chi connectivity index (χ0) is 12.8. The number of ether oxygens (including phenoxy) is 1. The molecular weight excluding hydrogens is 236 g/mol. The van der Waals surface area contributed by atoms with Crippen LogP contribution in [0.1, 0.15) is 23.6 Å². The fourth-order valence-electron chi connectivity index (χ4n) is 1.72. The lowest BCUT2D eigenvalue weighted by molar-refractivity contribution is -0.139. The average molecular weight is 254 g/mol. The molecular formula is C13H18O3S. The zero-order valence-electron chi connectivity index (χ0n) is 10.5. The number of benzene rings is 1. The standard InChI is InChI=1S/C13H18O3S/c1-4-16-13(14)9-17(15)8-12-6-10(2)5-11(3)7-12/h5-7H,4,8-9H2,1-3H3. The van der Waals surface area contributed by atoms with Gasteiger partial charge in [0.25, 0.3) is 0 Å². The van der Waals surface area contributed by atoms with Gasteiger partial charge < -0.3 is 4.74 Å². The predicted octanol–water partition coefficient (Wildman–Crippen LogP) is 2.12. The molecule has 1 atom stereocenters. The molecule has 0 N–H and O–H groups in total. The van der Waals surface area contributed by atoms with E-state index in [-0.39, 0.29) is 5.75 Å². The fourth-order valence-corrected chi connectivity index (χ4v) is 2.71. The number of hydrogen-bond acceptors (Lipinski definition) is 3. The van der Waals surface area contributed by atoms with Crippen molar-refractivity contribution < 1.29 is 13.7 Å². The van der Waals surface area contributed by atoms with E-state index >= 15 is 0 Å². The van der Waals surface area contributed by atoms with Crippen molar-refractivity contribution in [1.29, 1.82) is 0 Å². The first-order valence-electron chi connectivity index (χ1n) is 5.59. The van der Waals surface area contributed by atoms with Crippen LogP contribution < -0.4 is 0 Å². The zero-order valence-corrected chi connectivity index (χ0v) is 11.3. The summed E-state index contributed by atoms with van der Waals surface area (Å²) in [6.45, 7) is 6.08. The Morgan fingerprint density at radius 3 is 2.35 bits per heavy atom. The summed E-state index contributed by atoms with van der Waals surface area (Å²) in [5.74, 6) is -0.0162. The van der Waals surface area contributed by atoms with Crippen molar-refractivity contribution in [3.63, 3.8) is 0 Å². The molecule has 0 saturated carbocycles. The molecule has 0 amide bonds. The van der Waals surface area contributed by atoms with Crippen LogP contribution in [0.5, 0.6) is 0 Å². The van der Waals surface area contributed by atoms with E-state index in [1.165, 1.54) is 0 Å². The quantitative estimate of drug-likeness (QED) is 0.756. The summed E-state index contributed by atoms with van der Waals surface area (Å²) in [6.07, 6.45) is 0. The Labute approximate surface area is 105 Å². The Kier molecular flexibility index (Phi) is 5.35. The van der Waals surface area contributed by atoms with Crippen molar-refractivity contribution in [3.05, 3.63) is 34.9 Å². The van der Waals surface area contributed by atoms with E-state index in [9.17, 15) is 9.00 Å². The molecule has 3 nitrogen and oxygen atoms in total. The molecule has 0 saturated heterocycles. The van der Waals surface area contributed by atoms with Crippen LogP contribution in [0.25, 0.3) is 0 Å². The Morgan fingerprint density at radius 2 is 1.82 bits per heavy atom. The van der Waals surface area contributed by atoms with Crippen LogP contribution in [0.4, 0.5) is 0 Å². The lowest BCUT2D eigenvalue weighted by Crippen LogP contribution is -2.15. The summed E-state index contributed by atoms with van der Waals surface area (Å²) in [5, 5.41) is 0. The van der Waals surface area contributed by atoms with Crippen molar-refractivity contribution in [1.82, 2.24) is 0 Å². The van der Waals surface area contributed by atoms with Gasteiger partial charge >= 0.3 is 5.97 Å². The summed E-state index contributed by atoms with van der Waals surface area (Å²) < 4.78 is 16.5. The summed E-state index contributed by atoms with van der Waals surface area (Å²) in [5.41, 5.74) is 3.30. The van der Waals surface area contributed by atoms with E-state index < -0.39 is 16.8 Å². The van der Waals surface area contributed by atoms with Gasteiger partial charge in [-0.2, -0.15) is 0 Å². The van der Waals surface area contributed by atoms with Crippen molar-refractivity contribution >= 4 is 16.8 Å². The summed E-state index contributed by atoms with van der Waals surface area (Å²) >= 11 is 0. The van der Waals surface area contributed by atoms with E-state index in [4.69, 9.17) is 4.74 Å². The molecule has 94 valence electrons. The molecule has 1 aromatic rings. The van der Waals surface area contributed by atoms with Crippen LogP contribution in [0, 0.1) is 13.8 Å². The van der Waals surface area contributed by atoms with Crippen molar-refractivity contribution in [2.45, 2.75) is 26.5 Å². The predicted molar refractivity (Wildman–Crippen MR) is 69.3 cm³/mol. The minimum atomic E-state index is -1.19. The van der Waals surface area contributed by atoms with Gasteiger partial charge in [0.15, 0.2) is 0 Å². The van der Waals surface area contributed by atoms with Crippen LogP contribution in [0.3, 0.4) is 0 Å². The van der Waals surface area contributed by atoms with Crippen LogP contribution in [0.2, 0.25) is 0 Å². The lowest BCUT2D eigenvalue weighted by atomic mass is 10.1. The Bertz CT molecular complexity index is 406. The first kappa shape index (κ1) is 13.9. The first-order valence-corrected chi connectivity index (χ1v) is 7.08. The van der Waals surface area contributed by atoms with Gasteiger partial charge in [0.1, 0.15) is 5.75 Å². The van der Waals surface area contributed by atoms with Gasteiger partial charge in [0.2, 0.25) is 0 Å². The fraction of sp³-hybridized carbons (Fsp3) is 0.462. The third-order valence-electron chi connectivity index (χ3n) is 2.19. The highest BCUT2D eigenvalue weighted by Gasteiger charge is 2.09. The monoisotopic (exact) mass is 254 g/mol. The number of esters is 1. The minimum absolute atomic E-state index is 0.0270. The molecule has 1 rings (SSSR count). The van der Waals surface area contributed by atoms with Gasteiger partial charge in [-0.15, -0.1) is 0 Å². The molecule has 1 aromatic carbocycles. The first-order chi connectivity index (χ1) is 8.01. The average Bonchev–Trinajstić information content (AvgIpc) is 2.14. The Morgan fingerprint density at radius 1 is 1.24 bits per heavy atom. The van der Waals surface area contributed by atoms with Crippen LogP contribution in [-0.4, -0.2) is 22.5 Å². The van der Waals surface area contributed by atoms with Crippen molar-refractivity contribution in [2.24, 2.45) is 0 Å². The summed E-state index contributed by atoms with van der Waals surface area (Å²) in [7, 11) is -1.19. The van der Waals surface area contributed by atoms with Gasteiger partial charge in [-0.3, -0.25) is 9.00 Å². The van der Waals surface area contributed by atoms with Crippen molar-refractivity contribution in [2.75, 3.05) is 12.4 Å². The number of carbonyl (C=O) groups is 1. The van der Waals surface area contributed by atoms with E-state index in [0.717, 1.165) is 16.7 Å². The van der Waals surface area contributed by atoms with E-state index in [1.54, 1.807) is 6.92 Å². The number of aryl methyl sites for hydroxylation is 2. The Balaban J connectivity index is 2.59. The van der Waals surface area contributed by atoms with Gasteiger partial charge in [-0.05, 0) is 26.3 Å². The second-order valence-electron chi connectivity index (χ2n) is 4.03. The van der Waals surface area contributed by atoms with Gasteiger partial charge in [0.05, 0.1) is 6.61 Å². The van der Waals surface area contributed by atoms with Gasteiger partial charge in [-0.25, -0.2) is 0 Å². The van der Waals surface area contributed by atoms with Crippen molar-refractivity contribution in [3.8, 4) is 0 Å². The largest absolute Gasteiger partial charge is 0.465 e. The van der Waals surface area contributed by atoms with Crippen LogP contribution in [-0.2, 0) is 26.1 Å². The molecule has 0 bridgehead atoms. The van der Waals surface area contributed by atoms with E-state index in [0.29, 0.717) is 12.4 Å². The highest BCUT2D eigenvalue weighted by Crippen LogP contribution is 2.11. The molecule has 0 fully saturated rings. The van der Waals surface area contributed by atoms with Crippen LogP contribution >= 0.6 is 0 Å². The second kappa shape index (κ2) is 6.55.